The molecule has 2 unspecified atom stereocenters. The molecule has 3 aromatic rings. The molecule has 0 saturated carbocycles. The minimum absolute atomic E-state index is 0.0278. The van der Waals surface area contributed by atoms with E-state index in [1.54, 1.807) is 6.92 Å². The number of nitrogens with zero attached hydrogens (tertiary/aromatic N) is 2. The zero-order chi connectivity index (χ0) is 25.9. The number of fused-ring (bicyclic) bond motifs is 4. The molecule has 2 saturated heterocycles. The Morgan fingerprint density at radius 2 is 1.86 bits per heavy atom. The van der Waals surface area contributed by atoms with Gasteiger partial charge in [-0.25, -0.2) is 13.2 Å². The average Bonchev–Trinajstić information content (AvgIpc) is 3.18. The molecule has 0 radical (unpaired) electrons. The van der Waals surface area contributed by atoms with Crippen LogP contribution in [0.5, 0.6) is 5.75 Å². The summed E-state index contributed by atoms with van der Waals surface area (Å²) < 4.78 is 65.2. The third-order valence-corrected chi connectivity index (χ3v) is 8.46. The van der Waals surface area contributed by atoms with Crippen LogP contribution in [0.25, 0.3) is 10.9 Å². The zero-order valence-corrected chi connectivity index (χ0v) is 21.2. The molecule has 4 heterocycles. The Kier molecular flexibility index (Phi) is 6.23. The van der Waals surface area contributed by atoms with Gasteiger partial charge in [0.15, 0.2) is 0 Å². The standard InChI is InChI=1S/C29H33F4N3O/c1-17-12-29(2,33)16-36-25(17)11-21-20-5-3-4-6-24(20)34-27(21)28(36)26-22(31)9-19(10-23(26)32)37-8-7-35-14-18(13-30)15-35/h3-6,9-10,17-18,25,28,34H,7-8,11-16H2,1-2H3/t17?,25-,28-,29?/m1/s1. The van der Waals surface area contributed by atoms with Crippen molar-refractivity contribution in [3.05, 3.63) is 64.9 Å². The average molecular weight is 516 g/mol. The topological polar surface area (TPSA) is 31.5 Å². The van der Waals surface area contributed by atoms with Crippen molar-refractivity contribution < 1.29 is 22.3 Å². The Labute approximate surface area is 214 Å². The van der Waals surface area contributed by atoms with Crippen LogP contribution in [-0.4, -0.2) is 66.0 Å². The van der Waals surface area contributed by atoms with Crippen molar-refractivity contribution >= 4 is 10.9 Å². The van der Waals surface area contributed by atoms with Crippen molar-refractivity contribution in [2.75, 3.05) is 39.5 Å². The summed E-state index contributed by atoms with van der Waals surface area (Å²) >= 11 is 0. The Morgan fingerprint density at radius 3 is 2.59 bits per heavy atom. The molecule has 3 aliphatic rings. The van der Waals surface area contributed by atoms with Crippen LogP contribution in [0.2, 0.25) is 0 Å². The lowest BCUT2D eigenvalue weighted by molar-refractivity contribution is -0.0342. The minimum atomic E-state index is -1.45. The van der Waals surface area contributed by atoms with Gasteiger partial charge in [0.25, 0.3) is 0 Å². The smallest absolute Gasteiger partial charge is 0.135 e. The summed E-state index contributed by atoms with van der Waals surface area (Å²) in [6.45, 7) is 5.58. The number of halogens is 4. The predicted octanol–water partition coefficient (Wildman–Crippen LogP) is 5.81. The lowest BCUT2D eigenvalue weighted by Crippen LogP contribution is -2.57. The number of H-pyrrole nitrogens is 1. The highest BCUT2D eigenvalue weighted by atomic mass is 19.1. The van der Waals surface area contributed by atoms with Gasteiger partial charge in [-0.3, -0.25) is 14.2 Å². The van der Waals surface area contributed by atoms with Gasteiger partial charge in [-0.2, -0.15) is 0 Å². The summed E-state index contributed by atoms with van der Waals surface area (Å²) in [6, 6.07) is 9.54. The van der Waals surface area contributed by atoms with Crippen LogP contribution < -0.4 is 4.74 Å². The molecule has 3 aliphatic heterocycles. The largest absolute Gasteiger partial charge is 0.492 e. The molecule has 0 aliphatic carbocycles. The van der Waals surface area contributed by atoms with Gasteiger partial charge in [-0.05, 0) is 37.3 Å². The van der Waals surface area contributed by atoms with E-state index in [-0.39, 0.29) is 49.0 Å². The summed E-state index contributed by atoms with van der Waals surface area (Å²) in [4.78, 5) is 7.43. The van der Waals surface area contributed by atoms with E-state index in [0.29, 0.717) is 32.5 Å². The van der Waals surface area contributed by atoms with Gasteiger partial charge in [0.05, 0.1) is 12.7 Å². The molecular weight excluding hydrogens is 482 g/mol. The Bertz CT molecular complexity index is 1280. The van der Waals surface area contributed by atoms with Crippen molar-refractivity contribution in [2.24, 2.45) is 11.8 Å². The first kappa shape index (κ1) is 24.7. The molecule has 4 atom stereocenters. The van der Waals surface area contributed by atoms with Gasteiger partial charge >= 0.3 is 0 Å². The summed E-state index contributed by atoms with van der Waals surface area (Å²) in [5.41, 5.74) is 1.16. The normalized spacial score (nSPS) is 28.6. The van der Waals surface area contributed by atoms with E-state index in [9.17, 15) is 4.39 Å². The van der Waals surface area contributed by atoms with Gasteiger partial charge < -0.3 is 9.72 Å². The monoisotopic (exact) mass is 515 g/mol. The maximum Gasteiger partial charge on any atom is 0.135 e. The fourth-order valence-corrected chi connectivity index (χ4v) is 6.81. The molecule has 2 fully saturated rings. The number of aromatic nitrogens is 1. The van der Waals surface area contributed by atoms with E-state index in [1.807, 2.05) is 36.1 Å². The SMILES string of the molecule is CC1CC(C)(F)CN2[C@H](c3c(F)cc(OCCN4CC(CF)C4)cc3F)c3[nH]c4ccccc4c3C[C@H]12. The first-order chi connectivity index (χ1) is 17.7. The van der Waals surface area contributed by atoms with E-state index in [2.05, 4.69) is 9.88 Å². The lowest BCUT2D eigenvalue weighted by Gasteiger charge is -2.51. The Hall–Kier alpha value is -2.58. The Morgan fingerprint density at radius 1 is 1.14 bits per heavy atom. The number of nitrogens with one attached hydrogen (secondary N) is 1. The van der Waals surface area contributed by atoms with Crippen LogP contribution in [0.4, 0.5) is 17.6 Å². The Balaban J connectivity index is 1.34. The number of likely N-dealkylation sites (tertiary alicyclic amines) is 1. The molecule has 4 nitrogen and oxygen atoms in total. The van der Waals surface area contributed by atoms with Crippen LogP contribution in [0.1, 0.15) is 43.1 Å². The van der Waals surface area contributed by atoms with Crippen LogP contribution in [0, 0.1) is 23.5 Å². The van der Waals surface area contributed by atoms with Crippen LogP contribution >= 0.6 is 0 Å². The lowest BCUT2D eigenvalue weighted by atomic mass is 9.75. The highest BCUT2D eigenvalue weighted by molar-refractivity contribution is 5.85. The van der Waals surface area contributed by atoms with Crippen LogP contribution in [0.3, 0.4) is 0 Å². The number of ether oxygens (including phenoxy) is 1. The summed E-state index contributed by atoms with van der Waals surface area (Å²) in [5, 5.41) is 1.05. The number of hydrogen-bond donors (Lipinski definition) is 1. The van der Waals surface area contributed by atoms with Gasteiger partial charge in [0, 0.05) is 72.4 Å². The van der Waals surface area contributed by atoms with Gasteiger partial charge in [-0.1, -0.05) is 25.1 Å². The number of aromatic amines is 1. The first-order valence-corrected chi connectivity index (χ1v) is 13.2. The number of benzene rings is 2. The fraction of sp³-hybridized carbons (Fsp3) is 0.517. The van der Waals surface area contributed by atoms with E-state index < -0.39 is 23.3 Å². The molecule has 0 spiro atoms. The quantitative estimate of drug-likeness (QED) is 0.421. The van der Waals surface area contributed by atoms with Crippen molar-refractivity contribution in [3.8, 4) is 5.75 Å². The molecule has 1 aromatic heterocycles. The number of piperidine rings is 1. The summed E-state index contributed by atoms with van der Waals surface area (Å²) in [6.07, 6.45) is 1.12. The van der Waals surface area contributed by atoms with E-state index in [1.165, 1.54) is 12.1 Å². The first-order valence-electron chi connectivity index (χ1n) is 13.2. The molecule has 2 aromatic carbocycles. The van der Waals surface area contributed by atoms with Gasteiger partial charge in [0.2, 0.25) is 0 Å². The summed E-state index contributed by atoms with van der Waals surface area (Å²) in [7, 11) is 0. The van der Waals surface area contributed by atoms with Gasteiger partial charge in [-0.15, -0.1) is 0 Å². The second-order valence-electron chi connectivity index (χ2n) is 11.4. The van der Waals surface area contributed by atoms with Crippen molar-refractivity contribution in [1.29, 1.82) is 0 Å². The second-order valence-corrected chi connectivity index (χ2v) is 11.4. The van der Waals surface area contributed by atoms with Crippen LogP contribution in [0.15, 0.2) is 36.4 Å². The predicted molar refractivity (Wildman–Crippen MR) is 135 cm³/mol. The van der Waals surface area contributed by atoms with E-state index >= 15 is 13.2 Å². The number of hydrogen-bond acceptors (Lipinski definition) is 3. The fourth-order valence-electron chi connectivity index (χ4n) is 6.81. The van der Waals surface area contributed by atoms with Gasteiger partial charge in [0.1, 0.15) is 29.7 Å². The third-order valence-electron chi connectivity index (χ3n) is 8.46. The molecule has 8 heteroatoms. The molecule has 1 N–H and O–H groups in total. The molecule has 37 heavy (non-hydrogen) atoms. The maximum atomic E-state index is 15.7. The zero-order valence-electron chi connectivity index (χ0n) is 21.2. The number of rotatable bonds is 6. The number of alkyl halides is 2. The minimum Gasteiger partial charge on any atom is -0.492 e. The molecular formula is C29H33F4N3O. The van der Waals surface area contributed by atoms with E-state index in [4.69, 9.17) is 4.74 Å². The highest BCUT2D eigenvalue weighted by Gasteiger charge is 2.49. The van der Waals surface area contributed by atoms with Crippen LogP contribution in [-0.2, 0) is 6.42 Å². The third kappa shape index (κ3) is 4.42. The highest BCUT2D eigenvalue weighted by Crippen LogP contribution is 2.48. The second kappa shape index (κ2) is 9.31. The van der Waals surface area contributed by atoms with E-state index in [0.717, 1.165) is 22.2 Å². The molecule has 0 amide bonds. The number of para-hydroxylation sites is 1. The molecule has 0 bridgehead atoms. The van der Waals surface area contributed by atoms with Crippen molar-refractivity contribution in [1.82, 2.24) is 14.8 Å². The summed E-state index contributed by atoms with van der Waals surface area (Å²) in [5.74, 6) is -1.18. The molecule has 198 valence electrons. The maximum absolute atomic E-state index is 15.7. The molecule has 6 rings (SSSR count). The van der Waals surface area contributed by atoms with Crippen molar-refractivity contribution in [2.45, 2.75) is 44.4 Å². The van der Waals surface area contributed by atoms with Crippen molar-refractivity contribution in [3.63, 3.8) is 0 Å².